The number of benzene rings is 1. The van der Waals surface area contributed by atoms with Gasteiger partial charge in [0.2, 0.25) is 6.10 Å². The molecule has 0 aliphatic rings. The number of carbonyl (C=O) groups excluding carboxylic acids is 2. The second-order valence-electron chi connectivity index (χ2n) is 5.62. The van der Waals surface area contributed by atoms with Crippen LogP contribution in [0.2, 0.25) is 0 Å². The van der Waals surface area contributed by atoms with Crippen molar-refractivity contribution < 1.29 is 19.1 Å². The Hall–Kier alpha value is -1.84. The summed E-state index contributed by atoms with van der Waals surface area (Å²) in [5.41, 5.74) is 0.114. The second kappa shape index (κ2) is 6.55. The Morgan fingerprint density at radius 1 is 1.10 bits per heavy atom. The number of hydrogen-bond acceptors (Lipinski definition) is 4. The molecule has 1 radical (unpaired) electrons. The van der Waals surface area contributed by atoms with Crippen LogP contribution in [0.5, 0.6) is 0 Å². The van der Waals surface area contributed by atoms with E-state index >= 15 is 0 Å². The van der Waals surface area contributed by atoms with Crippen molar-refractivity contribution in [3.05, 3.63) is 42.0 Å². The molecule has 0 amide bonds. The van der Waals surface area contributed by atoms with E-state index in [1.54, 1.807) is 39.8 Å². The molecule has 4 heteroatoms. The summed E-state index contributed by atoms with van der Waals surface area (Å²) in [5, 5.41) is 0. The van der Waals surface area contributed by atoms with Gasteiger partial charge < -0.3 is 9.47 Å². The highest BCUT2D eigenvalue weighted by atomic mass is 16.6. The molecule has 1 rings (SSSR count). The van der Waals surface area contributed by atoms with E-state index in [0.29, 0.717) is 6.10 Å². The van der Waals surface area contributed by atoms with E-state index < -0.39 is 17.5 Å². The van der Waals surface area contributed by atoms with Gasteiger partial charge in [0.05, 0.1) is 5.41 Å². The fourth-order valence-corrected chi connectivity index (χ4v) is 1.52. The van der Waals surface area contributed by atoms with Crippen LogP contribution < -0.4 is 0 Å². The van der Waals surface area contributed by atoms with Gasteiger partial charge in [0.25, 0.3) is 0 Å². The SMILES string of the molecule is CC(=O)O[C](c1ccccc1)C(C)OC(=O)C(C)(C)C. The summed E-state index contributed by atoms with van der Waals surface area (Å²) in [6.07, 6.45) is -0.288. The van der Waals surface area contributed by atoms with E-state index in [2.05, 4.69) is 0 Å². The fraction of sp³-hybridized carbons (Fsp3) is 0.438. The van der Waals surface area contributed by atoms with Crippen LogP contribution in [-0.2, 0) is 19.1 Å². The Labute approximate surface area is 120 Å². The van der Waals surface area contributed by atoms with E-state index in [4.69, 9.17) is 9.47 Å². The molecule has 0 heterocycles. The molecular formula is C16H21O4. The van der Waals surface area contributed by atoms with Gasteiger partial charge in [-0.2, -0.15) is 0 Å². The molecule has 1 unspecified atom stereocenters. The minimum Gasteiger partial charge on any atom is -0.457 e. The smallest absolute Gasteiger partial charge is 0.311 e. The first-order valence-corrected chi connectivity index (χ1v) is 6.53. The minimum absolute atomic E-state index is 0.342. The summed E-state index contributed by atoms with van der Waals surface area (Å²) in [6, 6.07) is 9.13. The molecule has 0 saturated carbocycles. The number of hydrogen-bond donors (Lipinski definition) is 0. The first-order valence-electron chi connectivity index (χ1n) is 6.53. The van der Waals surface area contributed by atoms with Crippen LogP contribution in [0.1, 0.15) is 40.2 Å². The second-order valence-corrected chi connectivity index (χ2v) is 5.62. The maximum absolute atomic E-state index is 11.9. The van der Waals surface area contributed by atoms with Crippen LogP contribution in [0.3, 0.4) is 0 Å². The summed E-state index contributed by atoms with van der Waals surface area (Å²) in [4.78, 5) is 23.2. The van der Waals surface area contributed by atoms with E-state index in [1.807, 2.05) is 18.2 Å². The normalized spacial score (nSPS) is 12.9. The van der Waals surface area contributed by atoms with Gasteiger partial charge in [0.15, 0.2) is 0 Å². The van der Waals surface area contributed by atoms with Gasteiger partial charge in [0, 0.05) is 12.5 Å². The molecule has 0 spiro atoms. The third-order valence-corrected chi connectivity index (χ3v) is 2.58. The minimum atomic E-state index is -0.631. The van der Waals surface area contributed by atoms with Gasteiger partial charge in [-0.25, -0.2) is 0 Å². The van der Waals surface area contributed by atoms with Crippen molar-refractivity contribution >= 4 is 11.9 Å². The Morgan fingerprint density at radius 2 is 1.65 bits per heavy atom. The molecule has 4 nitrogen and oxygen atoms in total. The van der Waals surface area contributed by atoms with Gasteiger partial charge >= 0.3 is 11.9 Å². The van der Waals surface area contributed by atoms with Crippen molar-refractivity contribution in [2.24, 2.45) is 5.41 Å². The largest absolute Gasteiger partial charge is 0.457 e. The van der Waals surface area contributed by atoms with Crippen molar-refractivity contribution in [3.63, 3.8) is 0 Å². The standard InChI is InChI=1S/C16H21O4/c1-11(19-15(18)16(3,4)5)14(20-12(2)17)13-9-7-6-8-10-13/h6-11H,1-5H3. The average molecular weight is 277 g/mol. The Balaban J connectivity index is 2.89. The molecule has 0 bridgehead atoms. The summed E-state index contributed by atoms with van der Waals surface area (Å²) >= 11 is 0. The van der Waals surface area contributed by atoms with E-state index in [9.17, 15) is 9.59 Å². The highest BCUT2D eigenvalue weighted by molar-refractivity contribution is 5.76. The topological polar surface area (TPSA) is 52.6 Å². The van der Waals surface area contributed by atoms with Gasteiger partial charge in [-0.1, -0.05) is 30.3 Å². The molecule has 0 N–H and O–H groups in total. The molecule has 0 aliphatic heterocycles. The highest BCUT2D eigenvalue weighted by Crippen LogP contribution is 2.25. The monoisotopic (exact) mass is 277 g/mol. The number of rotatable bonds is 4. The molecule has 109 valence electrons. The summed E-state index contributed by atoms with van der Waals surface area (Å²) in [6.45, 7) is 8.33. The fourth-order valence-electron chi connectivity index (χ4n) is 1.52. The molecule has 0 aliphatic carbocycles. The van der Waals surface area contributed by atoms with Crippen LogP contribution in [0.25, 0.3) is 0 Å². The maximum Gasteiger partial charge on any atom is 0.311 e. The van der Waals surface area contributed by atoms with E-state index in [0.717, 1.165) is 5.56 Å². The molecule has 1 aromatic carbocycles. The lowest BCUT2D eigenvalue weighted by atomic mass is 9.97. The molecular weight excluding hydrogens is 256 g/mol. The zero-order chi connectivity index (χ0) is 15.3. The van der Waals surface area contributed by atoms with Crippen molar-refractivity contribution in [3.8, 4) is 0 Å². The van der Waals surface area contributed by atoms with Crippen molar-refractivity contribution in [2.45, 2.75) is 40.7 Å². The molecule has 1 atom stereocenters. The Morgan fingerprint density at radius 3 is 2.10 bits per heavy atom. The molecule has 0 aromatic heterocycles. The van der Waals surface area contributed by atoms with E-state index in [-0.39, 0.29) is 5.97 Å². The number of esters is 2. The van der Waals surface area contributed by atoms with Gasteiger partial charge in [-0.05, 0) is 27.7 Å². The number of carbonyl (C=O) groups is 2. The third-order valence-electron chi connectivity index (χ3n) is 2.58. The molecule has 1 aromatic rings. The summed E-state index contributed by atoms with van der Waals surface area (Å²) in [5.74, 6) is -0.784. The van der Waals surface area contributed by atoms with Crippen LogP contribution in [0.4, 0.5) is 0 Å². The first-order chi connectivity index (χ1) is 9.21. The predicted octanol–water partition coefficient (Wildman–Crippen LogP) is 3.11. The highest BCUT2D eigenvalue weighted by Gasteiger charge is 2.31. The van der Waals surface area contributed by atoms with Crippen LogP contribution in [-0.4, -0.2) is 18.0 Å². The van der Waals surface area contributed by atoms with Gasteiger partial charge in [0.1, 0.15) is 6.10 Å². The summed E-state index contributed by atoms with van der Waals surface area (Å²) < 4.78 is 10.6. The van der Waals surface area contributed by atoms with Crippen LogP contribution in [0.15, 0.2) is 30.3 Å². The lowest BCUT2D eigenvalue weighted by Gasteiger charge is -2.25. The number of ether oxygens (including phenoxy) is 2. The van der Waals surface area contributed by atoms with Gasteiger partial charge in [-0.3, -0.25) is 9.59 Å². The zero-order valence-electron chi connectivity index (χ0n) is 12.6. The zero-order valence-corrected chi connectivity index (χ0v) is 12.6. The lowest BCUT2D eigenvalue weighted by Crippen LogP contribution is -2.32. The van der Waals surface area contributed by atoms with Crippen molar-refractivity contribution in [2.75, 3.05) is 0 Å². The summed E-state index contributed by atoms with van der Waals surface area (Å²) in [7, 11) is 0. The maximum atomic E-state index is 11.9. The lowest BCUT2D eigenvalue weighted by molar-refractivity contribution is -0.162. The van der Waals surface area contributed by atoms with Crippen LogP contribution >= 0.6 is 0 Å². The quantitative estimate of drug-likeness (QED) is 0.793. The average Bonchev–Trinajstić information content (AvgIpc) is 2.35. The molecule has 0 fully saturated rings. The Bertz CT molecular complexity index is 459. The molecule has 20 heavy (non-hydrogen) atoms. The first kappa shape index (κ1) is 16.2. The van der Waals surface area contributed by atoms with E-state index in [1.165, 1.54) is 6.92 Å². The van der Waals surface area contributed by atoms with Crippen LogP contribution in [0, 0.1) is 11.5 Å². The Kier molecular flexibility index (Phi) is 5.31. The van der Waals surface area contributed by atoms with Gasteiger partial charge in [-0.15, -0.1) is 0 Å². The van der Waals surface area contributed by atoms with Crippen molar-refractivity contribution in [1.82, 2.24) is 0 Å². The van der Waals surface area contributed by atoms with Crippen molar-refractivity contribution in [1.29, 1.82) is 0 Å². The molecule has 0 saturated heterocycles. The predicted molar refractivity (Wildman–Crippen MR) is 75.6 cm³/mol. The third kappa shape index (κ3) is 4.68.